The average Bonchev–Trinajstić information content (AvgIpc) is 2.98. The molecule has 3 heterocycles. The van der Waals surface area contributed by atoms with Gasteiger partial charge in [-0.05, 0) is 97.4 Å². The fourth-order valence-electron chi connectivity index (χ4n) is 7.05. The van der Waals surface area contributed by atoms with E-state index in [4.69, 9.17) is 9.47 Å². The summed E-state index contributed by atoms with van der Waals surface area (Å²) in [4.78, 5) is 40.3. The van der Waals surface area contributed by atoms with E-state index >= 15 is 0 Å². The molecular weight excluding hydrogens is 587 g/mol. The highest BCUT2D eigenvalue weighted by Gasteiger charge is 2.46. The van der Waals surface area contributed by atoms with Crippen LogP contribution in [0.4, 0.5) is 20.7 Å². The van der Waals surface area contributed by atoms with Crippen molar-refractivity contribution in [3.63, 3.8) is 0 Å². The molecule has 0 unspecified atom stereocenters. The van der Waals surface area contributed by atoms with Gasteiger partial charge in [-0.1, -0.05) is 13.8 Å². The van der Waals surface area contributed by atoms with Crippen LogP contribution in [0.1, 0.15) is 80.1 Å². The van der Waals surface area contributed by atoms with Crippen LogP contribution >= 0.6 is 0 Å². The van der Waals surface area contributed by atoms with Crippen LogP contribution < -0.4 is 19.9 Å². The van der Waals surface area contributed by atoms with Gasteiger partial charge < -0.3 is 29.5 Å². The van der Waals surface area contributed by atoms with Crippen LogP contribution in [0.2, 0.25) is 0 Å². The Morgan fingerprint density at radius 2 is 1.80 bits per heavy atom. The molecule has 2 aliphatic heterocycles. The number of hydrogen-bond acceptors (Lipinski definition) is 8. The topological polar surface area (TPSA) is 100 Å². The number of likely N-dealkylation sites (tertiary alicyclic amines) is 1. The van der Waals surface area contributed by atoms with E-state index in [0.717, 1.165) is 71.2 Å². The molecule has 1 N–H and O–H groups in total. The van der Waals surface area contributed by atoms with Gasteiger partial charge in [-0.3, -0.25) is 4.79 Å². The van der Waals surface area contributed by atoms with Crippen LogP contribution in [0, 0.1) is 23.1 Å². The summed E-state index contributed by atoms with van der Waals surface area (Å²) in [7, 11) is 0. The number of carbonyl (C=O) groups is 2. The molecule has 2 amide bonds. The number of halogens is 1. The Morgan fingerprint density at radius 1 is 1.11 bits per heavy atom. The first-order valence-electron chi connectivity index (χ1n) is 16.9. The van der Waals surface area contributed by atoms with Crippen molar-refractivity contribution in [1.29, 1.82) is 0 Å². The van der Waals surface area contributed by atoms with E-state index in [1.807, 2.05) is 41.5 Å². The smallest absolute Gasteiger partial charge is 0.407 e. The van der Waals surface area contributed by atoms with Crippen LogP contribution in [0.25, 0.3) is 0 Å². The van der Waals surface area contributed by atoms with Gasteiger partial charge in [-0.15, -0.1) is 0 Å². The third-order valence-electron chi connectivity index (χ3n) is 9.52. The minimum absolute atomic E-state index is 0.0959. The Labute approximate surface area is 273 Å². The maximum atomic E-state index is 14.3. The van der Waals surface area contributed by atoms with Crippen molar-refractivity contribution in [2.45, 2.75) is 91.7 Å². The number of piperidine rings is 1. The molecule has 1 aromatic carbocycles. The number of hydrogen-bond donors (Lipinski definition) is 1. The summed E-state index contributed by atoms with van der Waals surface area (Å²) in [5, 5.41) is 3.05. The van der Waals surface area contributed by atoms with Gasteiger partial charge in [-0.25, -0.2) is 19.2 Å². The molecule has 0 radical (unpaired) electrons. The Bertz CT molecular complexity index is 1360. The van der Waals surface area contributed by atoms with Gasteiger partial charge in [0.15, 0.2) is 17.3 Å². The lowest BCUT2D eigenvalue weighted by Crippen LogP contribution is -2.61. The highest BCUT2D eigenvalue weighted by Crippen LogP contribution is 2.45. The molecule has 11 heteroatoms. The second kappa shape index (κ2) is 14.1. The number of nitrogens with zero attached hydrogens (tertiary/aromatic N) is 5. The van der Waals surface area contributed by atoms with E-state index in [0.29, 0.717) is 35.5 Å². The standard InChI is InChI=1S/C35H51FN6O4/c1-7-42(32(43)24(2)3)28-18-26(36)10-13-29(28)45-30-19-37-23-38-31(30)41-21-35(22-41)14-16-40(17-15-35)20-25-8-11-27(12-9-25)39-33(44)46-34(4,5)6/h10,13,18-19,23-25,27H,7-9,11-12,14-17,20-22H2,1-6H3,(H,39,44)/t25-,27-. The summed E-state index contributed by atoms with van der Waals surface area (Å²) < 4.78 is 26.1. The molecule has 1 saturated carbocycles. The molecular formula is C35H51FN6O4. The summed E-state index contributed by atoms with van der Waals surface area (Å²) in [6, 6.07) is 4.46. The molecule has 3 aliphatic rings. The lowest BCUT2D eigenvalue weighted by atomic mass is 9.71. The van der Waals surface area contributed by atoms with Gasteiger partial charge in [-0.2, -0.15) is 0 Å². The van der Waals surface area contributed by atoms with Crippen LogP contribution in [0.15, 0.2) is 30.7 Å². The number of carbonyl (C=O) groups excluding carboxylic acids is 2. The number of benzene rings is 1. The van der Waals surface area contributed by atoms with Crippen LogP contribution in [0.5, 0.6) is 11.5 Å². The lowest BCUT2D eigenvalue weighted by Gasteiger charge is -2.54. The summed E-state index contributed by atoms with van der Waals surface area (Å²) in [5.41, 5.74) is 0.184. The first-order valence-corrected chi connectivity index (χ1v) is 16.9. The number of amides is 2. The highest BCUT2D eigenvalue weighted by molar-refractivity contribution is 5.96. The molecule has 0 atom stereocenters. The third-order valence-corrected chi connectivity index (χ3v) is 9.52. The third kappa shape index (κ3) is 8.27. The highest BCUT2D eigenvalue weighted by atomic mass is 19.1. The molecule has 3 fully saturated rings. The normalized spacial score (nSPS) is 21.5. The summed E-state index contributed by atoms with van der Waals surface area (Å²) in [6.45, 7) is 16.7. The zero-order valence-corrected chi connectivity index (χ0v) is 28.4. The van der Waals surface area contributed by atoms with Crippen molar-refractivity contribution in [3.8, 4) is 11.5 Å². The van der Waals surface area contributed by atoms with E-state index in [-0.39, 0.29) is 29.4 Å². The number of aromatic nitrogens is 2. The van der Waals surface area contributed by atoms with Gasteiger partial charge in [0.25, 0.3) is 0 Å². The average molecular weight is 639 g/mol. The Kier molecular flexibility index (Phi) is 10.4. The predicted molar refractivity (Wildman–Crippen MR) is 177 cm³/mol. The first kappa shape index (κ1) is 33.9. The maximum absolute atomic E-state index is 14.3. The van der Waals surface area contributed by atoms with E-state index in [9.17, 15) is 14.0 Å². The van der Waals surface area contributed by atoms with Gasteiger partial charge in [0.05, 0.1) is 11.9 Å². The Balaban J connectivity index is 1.13. The number of ether oxygens (including phenoxy) is 2. The molecule has 1 spiro atoms. The van der Waals surface area contributed by atoms with E-state index in [1.165, 1.54) is 18.5 Å². The quantitative estimate of drug-likeness (QED) is 0.337. The maximum Gasteiger partial charge on any atom is 0.407 e. The minimum atomic E-state index is -0.476. The van der Waals surface area contributed by atoms with Crippen LogP contribution in [-0.2, 0) is 9.53 Å². The van der Waals surface area contributed by atoms with Crippen molar-refractivity contribution < 1.29 is 23.5 Å². The van der Waals surface area contributed by atoms with Crippen LogP contribution in [-0.4, -0.2) is 77.8 Å². The Morgan fingerprint density at radius 3 is 2.43 bits per heavy atom. The van der Waals surface area contributed by atoms with Crippen molar-refractivity contribution in [2.75, 3.05) is 49.1 Å². The Hall–Kier alpha value is -3.47. The molecule has 2 aromatic rings. The van der Waals surface area contributed by atoms with E-state index in [1.54, 1.807) is 17.2 Å². The van der Waals surface area contributed by atoms with Gasteiger partial charge in [0, 0.05) is 49.6 Å². The van der Waals surface area contributed by atoms with Crippen molar-refractivity contribution in [2.24, 2.45) is 17.3 Å². The number of nitrogens with one attached hydrogen (secondary N) is 1. The summed E-state index contributed by atoms with van der Waals surface area (Å²) in [5.74, 6) is 1.51. The van der Waals surface area contributed by atoms with Gasteiger partial charge in [0.1, 0.15) is 17.7 Å². The zero-order valence-electron chi connectivity index (χ0n) is 28.4. The second-order valence-corrected chi connectivity index (χ2v) is 14.7. The molecule has 252 valence electrons. The fourth-order valence-corrected chi connectivity index (χ4v) is 7.05. The molecule has 2 saturated heterocycles. The van der Waals surface area contributed by atoms with E-state index in [2.05, 4.69) is 25.1 Å². The summed E-state index contributed by atoms with van der Waals surface area (Å²) in [6.07, 6.45) is 9.41. The zero-order chi connectivity index (χ0) is 33.1. The van der Waals surface area contributed by atoms with Crippen molar-refractivity contribution in [1.82, 2.24) is 20.2 Å². The molecule has 0 bridgehead atoms. The van der Waals surface area contributed by atoms with Crippen LogP contribution in [0.3, 0.4) is 0 Å². The molecule has 10 nitrogen and oxygen atoms in total. The molecule has 1 aliphatic carbocycles. The van der Waals surface area contributed by atoms with Gasteiger partial charge in [0.2, 0.25) is 5.91 Å². The largest absolute Gasteiger partial charge is 0.450 e. The molecule has 5 rings (SSSR count). The second-order valence-electron chi connectivity index (χ2n) is 14.7. The first-order chi connectivity index (χ1) is 21.8. The SMILES string of the molecule is CCN(C(=O)C(C)C)c1cc(F)ccc1Oc1cncnc1N1CC2(CCN(C[C@H]3CC[C@H](NC(=O)OC(C)(C)C)CC3)CC2)C1. The molecule has 46 heavy (non-hydrogen) atoms. The lowest BCUT2D eigenvalue weighted by molar-refractivity contribution is -0.121. The monoisotopic (exact) mass is 638 g/mol. The van der Waals surface area contributed by atoms with Gasteiger partial charge >= 0.3 is 6.09 Å². The number of alkyl carbamates (subject to hydrolysis) is 1. The van der Waals surface area contributed by atoms with E-state index < -0.39 is 11.4 Å². The van der Waals surface area contributed by atoms with Crippen molar-refractivity contribution >= 4 is 23.5 Å². The number of anilines is 2. The predicted octanol–water partition coefficient (Wildman–Crippen LogP) is 6.40. The summed E-state index contributed by atoms with van der Waals surface area (Å²) >= 11 is 0. The fraction of sp³-hybridized carbons (Fsp3) is 0.657. The number of rotatable bonds is 9. The van der Waals surface area contributed by atoms with Crippen molar-refractivity contribution in [3.05, 3.63) is 36.5 Å². The molecule has 1 aromatic heterocycles. The minimum Gasteiger partial charge on any atom is -0.450 e.